The third kappa shape index (κ3) is 4.21. The number of piperidine rings is 1. The van der Waals surface area contributed by atoms with E-state index in [1.165, 1.54) is 6.92 Å². The van der Waals surface area contributed by atoms with Crippen molar-refractivity contribution < 1.29 is 19.5 Å². The van der Waals surface area contributed by atoms with Crippen molar-refractivity contribution in [3.8, 4) is 0 Å². The van der Waals surface area contributed by atoms with Crippen LogP contribution in [0.5, 0.6) is 0 Å². The van der Waals surface area contributed by atoms with Crippen molar-refractivity contribution in [2.45, 2.75) is 59.4 Å². The molecule has 22 heavy (non-hydrogen) atoms. The lowest BCUT2D eigenvalue weighted by Gasteiger charge is -2.37. The third-order valence-corrected chi connectivity index (χ3v) is 4.30. The highest BCUT2D eigenvalue weighted by Crippen LogP contribution is 2.24. The van der Waals surface area contributed by atoms with E-state index >= 15 is 0 Å². The number of likely N-dealkylation sites (tertiary alicyclic amines) is 1. The number of hydrogen-bond donors (Lipinski definition) is 2. The van der Waals surface area contributed by atoms with Crippen molar-refractivity contribution in [2.24, 2.45) is 11.3 Å². The molecule has 2 N–H and O–H groups in total. The van der Waals surface area contributed by atoms with Gasteiger partial charge in [-0.15, -0.1) is 0 Å². The third-order valence-electron chi connectivity index (χ3n) is 4.30. The first-order valence-corrected chi connectivity index (χ1v) is 7.86. The van der Waals surface area contributed by atoms with Crippen LogP contribution in [0.15, 0.2) is 0 Å². The first-order chi connectivity index (χ1) is 10.0. The van der Waals surface area contributed by atoms with Crippen LogP contribution in [-0.2, 0) is 14.4 Å². The van der Waals surface area contributed by atoms with Crippen molar-refractivity contribution in [3.05, 3.63) is 0 Å². The second-order valence-corrected chi connectivity index (χ2v) is 7.32. The highest BCUT2D eigenvalue weighted by Gasteiger charge is 2.38. The molecule has 1 saturated heterocycles. The smallest absolute Gasteiger partial charge is 0.329 e. The first-order valence-electron chi connectivity index (χ1n) is 7.86. The van der Waals surface area contributed by atoms with Gasteiger partial charge in [0.2, 0.25) is 11.8 Å². The molecule has 1 aliphatic rings. The molecule has 0 saturated carbocycles. The van der Waals surface area contributed by atoms with E-state index in [2.05, 4.69) is 5.32 Å². The van der Waals surface area contributed by atoms with Crippen LogP contribution >= 0.6 is 0 Å². The van der Waals surface area contributed by atoms with Crippen molar-refractivity contribution in [3.63, 3.8) is 0 Å². The fourth-order valence-electron chi connectivity index (χ4n) is 2.52. The molecule has 6 nitrogen and oxygen atoms in total. The van der Waals surface area contributed by atoms with Crippen LogP contribution in [0, 0.1) is 11.3 Å². The summed E-state index contributed by atoms with van der Waals surface area (Å²) in [4.78, 5) is 37.7. The average Bonchev–Trinajstić information content (AvgIpc) is 2.45. The SMILES string of the molecule is CCC(C)(NC(=O)C1CCCN(C(=O)C(C)(C)C)C1)C(=O)O. The lowest BCUT2D eigenvalue weighted by Crippen LogP contribution is -2.56. The molecule has 0 aromatic carbocycles. The number of rotatable bonds is 4. The number of amides is 2. The number of aliphatic carboxylic acids is 1. The summed E-state index contributed by atoms with van der Waals surface area (Å²) in [7, 11) is 0. The quantitative estimate of drug-likeness (QED) is 0.826. The molecule has 126 valence electrons. The van der Waals surface area contributed by atoms with Gasteiger partial charge in [-0.1, -0.05) is 27.7 Å². The highest BCUT2D eigenvalue weighted by atomic mass is 16.4. The molecule has 0 aromatic heterocycles. The van der Waals surface area contributed by atoms with Gasteiger partial charge in [-0.25, -0.2) is 4.79 Å². The Labute approximate surface area is 132 Å². The molecule has 1 rings (SSSR count). The molecule has 2 unspecified atom stereocenters. The molecule has 0 aliphatic carbocycles. The Morgan fingerprint density at radius 3 is 2.27 bits per heavy atom. The Hall–Kier alpha value is -1.59. The fraction of sp³-hybridized carbons (Fsp3) is 0.812. The summed E-state index contributed by atoms with van der Waals surface area (Å²) in [5.74, 6) is -1.63. The van der Waals surface area contributed by atoms with Crippen molar-refractivity contribution in [2.75, 3.05) is 13.1 Å². The van der Waals surface area contributed by atoms with Gasteiger partial charge in [0.25, 0.3) is 0 Å². The number of carboxylic acid groups (broad SMARTS) is 1. The summed E-state index contributed by atoms with van der Waals surface area (Å²) in [5.41, 5.74) is -1.73. The van der Waals surface area contributed by atoms with Crippen LogP contribution in [0.1, 0.15) is 53.9 Å². The monoisotopic (exact) mass is 312 g/mol. The number of nitrogens with one attached hydrogen (secondary N) is 1. The zero-order valence-corrected chi connectivity index (χ0v) is 14.2. The number of carboxylic acids is 1. The highest BCUT2D eigenvalue weighted by molar-refractivity contribution is 5.88. The van der Waals surface area contributed by atoms with Crippen LogP contribution < -0.4 is 5.32 Å². The van der Waals surface area contributed by atoms with Gasteiger partial charge in [0.15, 0.2) is 0 Å². The molecule has 2 amide bonds. The van der Waals surface area contributed by atoms with Gasteiger partial charge >= 0.3 is 5.97 Å². The van der Waals surface area contributed by atoms with Gasteiger partial charge in [-0.3, -0.25) is 9.59 Å². The summed E-state index contributed by atoms with van der Waals surface area (Å²) in [6.07, 6.45) is 1.75. The van der Waals surface area contributed by atoms with Crippen LogP contribution in [0.2, 0.25) is 0 Å². The van der Waals surface area contributed by atoms with Gasteiger partial charge in [-0.05, 0) is 26.2 Å². The van der Waals surface area contributed by atoms with E-state index in [1.807, 2.05) is 20.8 Å². The number of hydrogen-bond acceptors (Lipinski definition) is 3. The van der Waals surface area contributed by atoms with Crippen molar-refractivity contribution in [1.29, 1.82) is 0 Å². The molecular weight excluding hydrogens is 284 g/mol. The second kappa shape index (κ2) is 6.67. The standard InChI is InChI=1S/C16H28N2O4/c1-6-16(5,14(21)22)17-12(19)11-8-7-9-18(10-11)13(20)15(2,3)4/h11H,6-10H2,1-5H3,(H,17,19)(H,21,22). The largest absolute Gasteiger partial charge is 0.480 e. The molecule has 0 radical (unpaired) electrons. The lowest BCUT2D eigenvalue weighted by molar-refractivity contribution is -0.149. The van der Waals surface area contributed by atoms with E-state index < -0.39 is 16.9 Å². The van der Waals surface area contributed by atoms with Crippen molar-refractivity contribution in [1.82, 2.24) is 10.2 Å². The Balaban J connectivity index is 2.75. The maximum absolute atomic E-state index is 12.4. The van der Waals surface area contributed by atoms with Crippen molar-refractivity contribution >= 4 is 17.8 Å². The van der Waals surface area contributed by atoms with Gasteiger partial charge < -0.3 is 15.3 Å². The van der Waals surface area contributed by atoms with E-state index in [9.17, 15) is 19.5 Å². The van der Waals surface area contributed by atoms with Gasteiger partial charge in [0, 0.05) is 18.5 Å². The molecule has 1 heterocycles. The van der Waals surface area contributed by atoms with Gasteiger partial charge in [0.05, 0.1) is 5.92 Å². The fourth-order valence-corrected chi connectivity index (χ4v) is 2.52. The maximum Gasteiger partial charge on any atom is 0.329 e. The summed E-state index contributed by atoms with van der Waals surface area (Å²) in [6, 6.07) is 0. The van der Waals surface area contributed by atoms with E-state index in [0.717, 1.165) is 6.42 Å². The molecule has 2 atom stereocenters. The zero-order chi connectivity index (χ0) is 17.1. The summed E-state index contributed by atoms with van der Waals surface area (Å²) < 4.78 is 0. The predicted octanol–water partition coefficient (Wildman–Crippen LogP) is 1.64. The summed E-state index contributed by atoms with van der Waals surface area (Å²) in [6.45, 7) is 9.83. The Morgan fingerprint density at radius 1 is 1.23 bits per heavy atom. The van der Waals surface area contributed by atoms with E-state index in [4.69, 9.17) is 0 Å². The Bertz CT molecular complexity index is 456. The molecular formula is C16H28N2O4. The zero-order valence-electron chi connectivity index (χ0n) is 14.2. The van der Waals surface area contributed by atoms with Crippen LogP contribution in [0.3, 0.4) is 0 Å². The van der Waals surface area contributed by atoms with Crippen LogP contribution in [0.25, 0.3) is 0 Å². The van der Waals surface area contributed by atoms with E-state index in [1.54, 1.807) is 11.8 Å². The van der Waals surface area contributed by atoms with E-state index in [0.29, 0.717) is 25.9 Å². The normalized spacial score (nSPS) is 21.9. The maximum atomic E-state index is 12.4. The minimum Gasteiger partial charge on any atom is -0.480 e. The minimum absolute atomic E-state index is 0.0292. The Morgan fingerprint density at radius 2 is 1.82 bits per heavy atom. The van der Waals surface area contributed by atoms with E-state index in [-0.39, 0.29) is 17.7 Å². The second-order valence-electron chi connectivity index (χ2n) is 7.32. The molecule has 6 heteroatoms. The Kier molecular flexibility index (Phi) is 5.59. The predicted molar refractivity (Wildman–Crippen MR) is 83.2 cm³/mol. The number of carbonyl (C=O) groups is 3. The summed E-state index contributed by atoms with van der Waals surface area (Å²) >= 11 is 0. The lowest BCUT2D eigenvalue weighted by atomic mass is 9.90. The minimum atomic E-state index is -1.26. The number of carbonyl (C=O) groups excluding carboxylic acids is 2. The van der Waals surface area contributed by atoms with Crippen LogP contribution in [0.4, 0.5) is 0 Å². The molecule has 0 bridgehead atoms. The van der Waals surface area contributed by atoms with Gasteiger partial charge in [0.1, 0.15) is 5.54 Å². The molecule has 0 spiro atoms. The topological polar surface area (TPSA) is 86.7 Å². The van der Waals surface area contributed by atoms with Crippen LogP contribution in [-0.4, -0.2) is 46.4 Å². The van der Waals surface area contributed by atoms with Gasteiger partial charge in [-0.2, -0.15) is 0 Å². The summed E-state index contributed by atoms with van der Waals surface area (Å²) in [5, 5.41) is 11.9. The molecule has 0 aromatic rings. The molecule has 1 fully saturated rings. The molecule has 1 aliphatic heterocycles. The first kappa shape index (κ1) is 18.5. The number of nitrogens with zero attached hydrogens (tertiary/aromatic N) is 1. The average molecular weight is 312 g/mol.